The number of hydrogen-bond donors (Lipinski definition) is 2. The highest BCUT2D eigenvalue weighted by Crippen LogP contribution is 2.40. The number of likely N-dealkylation sites (N-methyl/N-ethyl adjacent to an activating group) is 1. The van der Waals surface area contributed by atoms with Gasteiger partial charge in [0, 0.05) is 25.2 Å². The zero-order chi connectivity index (χ0) is 22.2. The maximum absolute atomic E-state index is 14.5. The van der Waals surface area contributed by atoms with E-state index in [0.717, 1.165) is 18.2 Å². The van der Waals surface area contributed by atoms with Gasteiger partial charge < -0.3 is 20.2 Å². The largest absolute Gasteiger partial charge is 0.393 e. The zero-order valence-electron chi connectivity index (χ0n) is 17.1. The van der Waals surface area contributed by atoms with Crippen molar-refractivity contribution < 1.29 is 23.1 Å². The van der Waals surface area contributed by atoms with E-state index in [0.29, 0.717) is 17.7 Å². The Hall–Kier alpha value is -2.84. The Kier molecular flexibility index (Phi) is 5.77. The predicted octanol–water partition coefficient (Wildman–Crippen LogP) is 2.91. The lowest BCUT2D eigenvalue weighted by atomic mass is 9.89. The number of aliphatic hydroxyl groups excluding tert-OH is 1. The lowest BCUT2D eigenvalue weighted by molar-refractivity contribution is 0.101. The maximum atomic E-state index is 14.5. The van der Waals surface area contributed by atoms with E-state index in [1.807, 2.05) is 0 Å². The summed E-state index contributed by atoms with van der Waals surface area (Å²) in [6.45, 7) is 0.0272. The normalized spacial score (nSPS) is 26.2. The first-order chi connectivity index (χ1) is 14.8. The summed E-state index contributed by atoms with van der Waals surface area (Å²) in [4.78, 5) is 16.4. The summed E-state index contributed by atoms with van der Waals surface area (Å²) >= 11 is 0. The Morgan fingerprint density at radius 1 is 1.19 bits per heavy atom. The summed E-state index contributed by atoms with van der Waals surface area (Å²) in [5, 5.41) is 13.1. The molecule has 2 aromatic rings. The molecule has 2 aliphatic heterocycles. The summed E-state index contributed by atoms with van der Waals surface area (Å²) in [6, 6.07) is 10.7. The molecule has 0 aliphatic carbocycles. The molecular formula is C23H24F3N3O2. The van der Waals surface area contributed by atoms with Crippen molar-refractivity contribution >= 4 is 11.6 Å². The van der Waals surface area contributed by atoms with E-state index < -0.39 is 42.0 Å². The second kappa shape index (κ2) is 8.36. The number of nitrogens with one attached hydrogen (secondary N) is 1. The van der Waals surface area contributed by atoms with Crippen LogP contribution in [0.1, 0.15) is 11.1 Å². The van der Waals surface area contributed by atoms with Crippen LogP contribution in [0.15, 0.2) is 54.6 Å². The van der Waals surface area contributed by atoms with Gasteiger partial charge in [0.15, 0.2) is 0 Å². The third-order valence-corrected chi connectivity index (χ3v) is 6.00. The molecule has 2 heterocycles. The van der Waals surface area contributed by atoms with E-state index >= 15 is 0 Å². The van der Waals surface area contributed by atoms with Crippen LogP contribution in [0.2, 0.25) is 0 Å². The quantitative estimate of drug-likeness (QED) is 0.783. The van der Waals surface area contributed by atoms with Gasteiger partial charge in [-0.1, -0.05) is 30.3 Å². The minimum absolute atomic E-state index is 0.0213. The fourth-order valence-corrected chi connectivity index (χ4v) is 4.39. The predicted molar refractivity (Wildman–Crippen MR) is 111 cm³/mol. The monoisotopic (exact) mass is 431 g/mol. The zero-order valence-corrected chi connectivity index (χ0v) is 17.1. The molecule has 2 aromatic carbocycles. The van der Waals surface area contributed by atoms with Crippen molar-refractivity contribution in [1.29, 1.82) is 0 Å². The summed E-state index contributed by atoms with van der Waals surface area (Å²) in [6.07, 6.45) is 0.373. The number of likely N-dealkylation sites (tertiary alicyclic amines) is 1. The van der Waals surface area contributed by atoms with Crippen molar-refractivity contribution in [3.05, 3.63) is 77.4 Å². The lowest BCUT2D eigenvalue weighted by Crippen LogP contribution is -2.55. The number of hydrogen-bond acceptors (Lipinski definition) is 3. The highest BCUT2D eigenvalue weighted by atomic mass is 19.1. The molecule has 31 heavy (non-hydrogen) atoms. The van der Waals surface area contributed by atoms with Gasteiger partial charge >= 0.3 is 6.03 Å². The molecule has 1 saturated heterocycles. The van der Waals surface area contributed by atoms with Crippen LogP contribution in [0.5, 0.6) is 0 Å². The number of rotatable bonds is 4. The van der Waals surface area contributed by atoms with Crippen molar-refractivity contribution in [1.82, 2.24) is 15.1 Å². The van der Waals surface area contributed by atoms with Crippen LogP contribution in [0, 0.1) is 11.6 Å². The van der Waals surface area contributed by atoms with Gasteiger partial charge in [-0.2, -0.15) is 0 Å². The molecule has 3 atom stereocenters. The number of alkyl halides is 1. The van der Waals surface area contributed by atoms with Gasteiger partial charge in [0.2, 0.25) is 0 Å². The van der Waals surface area contributed by atoms with Crippen LogP contribution in [0.25, 0.3) is 5.57 Å². The van der Waals surface area contributed by atoms with Crippen molar-refractivity contribution in [2.24, 2.45) is 0 Å². The number of halogens is 3. The Balaban J connectivity index is 1.73. The number of benzene rings is 2. The van der Waals surface area contributed by atoms with E-state index in [2.05, 4.69) is 5.32 Å². The Morgan fingerprint density at radius 2 is 1.94 bits per heavy atom. The van der Waals surface area contributed by atoms with E-state index in [1.165, 1.54) is 4.90 Å². The van der Waals surface area contributed by atoms with E-state index in [4.69, 9.17) is 0 Å². The number of aliphatic hydroxyl groups is 1. The van der Waals surface area contributed by atoms with Gasteiger partial charge in [-0.05, 0) is 42.5 Å². The topological polar surface area (TPSA) is 55.8 Å². The van der Waals surface area contributed by atoms with Crippen molar-refractivity contribution in [3.8, 4) is 0 Å². The first kappa shape index (κ1) is 21.4. The highest BCUT2D eigenvalue weighted by molar-refractivity contribution is 5.83. The third kappa shape index (κ3) is 3.93. The molecule has 2 N–H and O–H groups in total. The standard InChI is InChI=1S/C23H24F3N3O2/c1-28-12-20(26)21(13-28)27-22(31)29-11-15(18-9-17(24)7-8-19(18)25)10-23(29,14-30)16-5-3-2-4-6-16/h2-10,20-21,30H,11-14H2,1H3,(H,27,31)/t20-,21+,23+/m0/s1. The van der Waals surface area contributed by atoms with Crippen LogP contribution in [0.3, 0.4) is 0 Å². The average molecular weight is 431 g/mol. The molecule has 164 valence electrons. The minimum Gasteiger partial charge on any atom is -0.393 e. The number of carbonyl (C=O) groups is 1. The molecule has 0 radical (unpaired) electrons. The van der Waals surface area contributed by atoms with Crippen LogP contribution in [-0.4, -0.2) is 66.4 Å². The number of urea groups is 1. The lowest BCUT2D eigenvalue weighted by Gasteiger charge is -2.37. The summed E-state index contributed by atoms with van der Waals surface area (Å²) in [5.41, 5.74) is -0.298. The van der Waals surface area contributed by atoms with Crippen LogP contribution in [0.4, 0.5) is 18.0 Å². The first-order valence-electron chi connectivity index (χ1n) is 10.1. The van der Waals surface area contributed by atoms with Gasteiger partial charge in [0.25, 0.3) is 0 Å². The minimum atomic E-state index is -1.30. The van der Waals surface area contributed by atoms with E-state index in [-0.39, 0.29) is 18.7 Å². The SMILES string of the molecule is CN1C[C@H](F)[C@H](NC(=O)N2CC(c3cc(F)ccc3F)=C[C@@]2(CO)c2ccccc2)C1. The molecule has 0 unspecified atom stereocenters. The van der Waals surface area contributed by atoms with Crippen molar-refractivity contribution in [2.75, 3.05) is 33.3 Å². The molecule has 2 aliphatic rings. The van der Waals surface area contributed by atoms with Gasteiger partial charge in [0.05, 0.1) is 12.6 Å². The number of amides is 2. The van der Waals surface area contributed by atoms with E-state index in [1.54, 1.807) is 48.4 Å². The fraction of sp³-hybridized carbons (Fsp3) is 0.348. The van der Waals surface area contributed by atoms with Crippen LogP contribution in [-0.2, 0) is 5.54 Å². The molecule has 0 bridgehead atoms. The number of nitrogens with zero attached hydrogens (tertiary/aromatic N) is 2. The Morgan fingerprint density at radius 3 is 2.58 bits per heavy atom. The molecule has 1 fully saturated rings. The third-order valence-electron chi connectivity index (χ3n) is 6.00. The maximum Gasteiger partial charge on any atom is 0.319 e. The van der Waals surface area contributed by atoms with Crippen LogP contribution >= 0.6 is 0 Å². The van der Waals surface area contributed by atoms with Crippen LogP contribution < -0.4 is 5.32 Å². The first-order valence-corrected chi connectivity index (χ1v) is 10.1. The average Bonchev–Trinajstić information content (AvgIpc) is 3.30. The molecule has 4 rings (SSSR count). The van der Waals surface area contributed by atoms with Gasteiger partial charge in [-0.15, -0.1) is 0 Å². The van der Waals surface area contributed by atoms with Gasteiger partial charge in [0.1, 0.15) is 23.3 Å². The second-order valence-corrected chi connectivity index (χ2v) is 8.12. The molecule has 2 amide bonds. The van der Waals surface area contributed by atoms with Gasteiger partial charge in [-0.3, -0.25) is 0 Å². The summed E-state index contributed by atoms with van der Waals surface area (Å²) in [5.74, 6) is -1.24. The van der Waals surface area contributed by atoms with Gasteiger partial charge in [-0.25, -0.2) is 18.0 Å². The molecule has 0 aromatic heterocycles. The Bertz CT molecular complexity index is 1000. The summed E-state index contributed by atoms with van der Waals surface area (Å²) < 4.78 is 42.6. The van der Waals surface area contributed by atoms with Crippen molar-refractivity contribution in [2.45, 2.75) is 17.8 Å². The smallest absolute Gasteiger partial charge is 0.319 e. The molecule has 5 nitrogen and oxygen atoms in total. The molecule has 8 heteroatoms. The highest BCUT2D eigenvalue weighted by Gasteiger charge is 2.46. The molecule has 0 saturated carbocycles. The summed E-state index contributed by atoms with van der Waals surface area (Å²) in [7, 11) is 1.77. The molecular weight excluding hydrogens is 407 g/mol. The Labute approximate surface area is 178 Å². The second-order valence-electron chi connectivity index (χ2n) is 8.12. The number of carbonyl (C=O) groups excluding carboxylic acids is 1. The molecule has 0 spiro atoms. The van der Waals surface area contributed by atoms with E-state index in [9.17, 15) is 23.1 Å². The van der Waals surface area contributed by atoms with Crippen molar-refractivity contribution in [3.63, 3.8) is 0 Å². The fourth-order valence-electron chi connectivity index (χ4n) is 4.39.